The van der Waals surface area contributed by atoms with Crippen LogP contribution in [-0.2, 0) is 25.4 Å². The summed E-state index contributed by atoms with van der Waals surface area (Å²) in [5.74, 6) is -0.854. The fourth-order valence-electron chi connectivity index (χ4n) is 1.91. The first-order valence-corrected chi connectivity index (χ1v) is 9.28. The Labute approximate surface area is 118 Å². The molecule has 0 spiro atoms. The van der Waals surface area contributed by atoms with Crippen molar-refractivity contribution in [1.82, 2.24) is 4.90 Å². The second-order valence-corrected chi connectivity index (χ2v) is 11.1. The molecule has 112 valence electrons. The molecule has 1 rings (SSSR count). The molecule has 0 aromatic rings. The Morgan fingerprint density at radius 3 is 2.00 bits per heavy atom. The minimum Gasteiger partial charge on any atom is -0.339 e. The summed E-state index contributed by atoms with van der Waals surface area (Å²) in [5, 5.41) is -0.213. The van der Waals surface area contributed by atoms with Crippen LogP contribution in [0.5, 0.6) is 0 Å². The molecule has 7 heteroatoms. The number of amides is 1. The number of sulfone groups is 1. The van der Waals surface area contributed by atoms with E-state index in [0.717, 1.165) is 0 Å². The Bertz CT molecular complexity index is 464. The van der Waals surface area contributed by atoms with Crippen LogP contribution in [0, 0.1) is 0 Å². The minimum atomic E-state index is -3.46. The number of rotatable bonds is 2. The zero-order valence-corrected chi connectivity index (χ0v) is 13.8. The van der Waals surface area contributed by atoms with Gasteiger partial charge in [-0.05, 0) is 34.6 Å². The predicted octanol–water partition coefficient (Wildman–Crippen LogP) is 0.568. The molecule has 0 aliphatic carbocycles. The van der Waals surface area contributed by atoms with E-state index >= 15 is 0 Å². The molecule has 0 bridgehead atoms. The van der Waals surface area contributed by atoms with Gasteiger partial charge in [0, 0.05) is 34.4 Å². The molecule has 0 aromatic carbocycles. The smallest absolute Gasteiger partial charge is 0.237 e. The van der Waals surface area contributed by atoms with Gasteiger partial charge in [0.05, 0.1) is 4.75 Å². The summed E-state index contributed by atoms with van der Waals surface area (Å²) in [7, 11) is -4.41. The molecule has 1 aliphatic heterocycles. The van der Waals surface area contributed by atoms with Gasteiger partial charge in [-0.15, -0.1) is 0 Å². The number of carbonyl (C=O) groups excluding carboxylic acids is 1. The van der Waals surface area contributed by atoms with Crippen LogP contribution in [0.25, 0.3) is 0 Å². The lowest BCUT2D eigenvalue weighted by Gasteiger charge is -2.34. The molecule has 0 saturated carbocycles. The van der Waals surface area contributed by atoms with Gasteiger partial charge in [-0.25, -0.2) is 8.42 Å². The van der Waals surface area contributed by atoms with Crippen molar-refractivity contribution < 1.29 is 17.4 Å². The summed E-state index contributed by atoms with van der Waals surface area (Å²) in [6, 6.07) is 0. The van der Waals surface area contributed by atoms with E-state index in [9.17, 15) is 17.4 Å². The van der Waals surface area contributed by atoms with Gasteiger partial charge < -0.3 is 4.90 Å². The Balaban J connectivity index is 2.78. The van der Waals surface area contributed by atoms with Crippen LogP contribution in [-0.4, -0.2) is 57.5 Å². The zero-order valence-electron chi connectivity index (χ0n) is 12.2. The van der Waals surface area contributed by atoms with Crippen molar-refractivity contribution in [2.24, 2.45) is 0 Å². The molecule has 1 fully saturated rings. The molecule has 0 aromatic heterocycles. The summed E-state index contributed by atoms with van der Waals surface area (Å²) in [4.78, 5) is 13.6. The highest BCUT2D eigenvalue weighted by molar-refractivity contribution is 7.93. The highest BCUT2D eigenvalue weighted by Crippen LogP contribution is 2.19. The molecular formula is C12H23NO4S2. The van der Waals surface area contributed by atoms with Gasteiger partial charge in [-0.3, -0.25) is 9.00 Å². The summed E-state index contributed by atoms with van der Waals surface area (Å²) < 4.78 is 34.9. The van der Waals surface area contributed by atoms with Gasteiger partial charge in [-0.1, -0.05) is 0 Å². The van der Waals surface area contributed by atoms with Crippen molar-refractivity contribution in [3.8, 4) is 0 Å². The highest BCUT2D eigenvalue weighted by atomic mass is 32.2. The van der Waals surface area contributed by atoms with Gasteiger partial charge in [0.15, 0.2) is 9.84 Å². The first-order chi connectivity index (χ1) is 8.45. The monoisotopic (exact) mass is 309 g/mol. The first kappa shape index (κ1) is 16.6. The van der Waals surface area contributed by atoms with Crippen LogP contribution < -0.4 is 0 Å². The van der Waals surface area contributed by atoms with Crippen LogP contribution >= 0.6 is 0 Å². The van der Waals surface area contributed by atoms with Crippen molar-refractivity contribution in [1.29, 1.82) is 0 Å². The van der Waals surface area contributed by atoms with Gasteiger partial charge in [-0.2, -0.15) is 0 Å². The third kappa shape index (κ3) is 3.78. The van der Waals surface area contributed by atoms with Crippen molar-refractivity contribution in [2.75, 3.05) is 18.8 Å². The summed E-state index contributed by atoms with van der Waals surface area (Å²) in [6.45, 7) is 9.16. The molecule has 1 saturated heterocycles. The minimum absolute atomic E-state index is 0.106. The standard InChI is InChI=1S/C12H23NO4S2/c1-9-6-13(7-10(2)18(9)15)11(14)8-19(16,17)12(3,4)5/h9-10H,6-8H2,1-5H3. The van der Waals surface area contributed by atoms with E-state index in [1.54, 1.807) is 20.8 Å². The molecule has 2 unspecified atom stereocenters. The lowest BCUT2D eigenvalue weighted by molar-refractivity contribution is -0.128. The summed E-state index contributed by atoms with van der Waals surface area (Å²) >= 11 is 0. The summed E-state index contributed by atoms with van der Waals surface area (Å²) in [5.41, 5.74) is 0. The van der Waals surface area contributed by atoms with Crippen molar-refractivity contribution in [2.45, 2.75) is 49.9 Å². The van der Waals surface area contributed by atoms with Crippen LogP contribution in [0.2, 0.25) is 0 Å². The second kappa shape index (κ2) is 5.52. The molecule has 1 amide bonds. The van der Waals surface area contributed by atoms with Gasteiger partial charge in [0.2, 0.25) is 5.91 Å². The molecule has 1 aliphatic rings. The normalized spacial score (nSPS) is 29.3. The molecule has 5 nitrogen and oxygen atoms in total. The third-order valence-electron chi connectivity index (χ3n) is 3.35. The topological polar surface area (TPSA) is 71.5 Å². The average molecular weight is 309 g/mol. The number of hydrogen-bond donors (Lipinski definition) is 0. The zero-order chi connectivity index (χ0) is 15.0. The lowest BCUT2D eigenvalue weighted by Crippen LogP contribution is -2.52. The van der Waals surface area contributed by atoms with Crippen LogP contribution in [0.1, 0.15) is 34.6 Å². The number of carbonyl (C=O) groups is 1. The SMILES string of the molecule is CC1CN(C(=O)CS(=O)(=O)C(C)(C)C)CC(C)S1=O. The molecule has 0 radical (unpaired) electrons. The van der Waals surface area contributed by atoms with Crippen molar-refractivity contribution >= 4 is 26.5 Å². The van der Waals surface area contributed by atoms with E-state index in [4.69, 9.17) is 0 Å². The molecule has 0 N–H and O–H groups in total. The number of hydrogen-bond acceptors (Lipinski definition) is 4. The Hall–Kier alpha value is -0.430. The van der Waals surface area contributed by atoms with E-state index in [0.29, 0.717) is 13.1 Å². The van der Waals surface area contributed by atoms with E-state index in [2.05, 4.69) is 0 Å². The Morgan fingerprint density at radius 1 is 1.21 bits per heavy atom. The van der Waals surface area contributed by atoms with Crippen LogP contribution in [0.15, 0.2) is 0 Å². The van der Waals surface area contributed by atoms with E-state index in [1.807, 2.05) is 13.8 Å². The summed E-state index contributed by atoms with van der Waals surface area (Å²) in [6.07, 6.45) is 0. The van der Waals surface area contributed by atoms with E-state index in [-0.39, 0.29) is 16.4 Å². The molecule has 1 heterocycles. The average Bonchev–Trinajstić information content (AvgIpc) is 2.22. The fourth-order valence-corrected chi connectivity index (χ4v) is 4.30. The highest BCUT2D eigenvalue weighted by Gasteiger charge is 2.36. The van der Waals surface area contributed by atoms with Gasteiger partial charge >= 0.3 is 0 Å². The second-order valence-electron chi connectivity index (χ2n) is 6.12. The van der Waals surface area contributed by atoms with E-state index < -0.39 is 31.1 Å². The van der Waals surface area contributed by atoms with Crippen molar-refractivity contribution in [3.63, 3.8) is 0 Å². The maximum atomic E-state index is 12.1. The molecule has 2 atom stereocenters. The quantitative estimate of drug-likeness (QED) is 0.747. The van der Waals surface area contributed by atoms with E-state index in [1.165, 1.54) is 4.90 Å². The Kier molecular flexibility index (Phi) is 4.83. The maximum absolute atomic E-state index is 12.1. The van der Waals surface area contributed by atoms with Crippen LogP contribution in [0.3, 0.4) is 0 Å². The Morgan fingerprint density at radius 2 is 1.63 bits per heavy atom. The number of nitrogens with zero attached hydrogens (tertiary/aromatic N) is 1. The largest absolute Gasteiger partial charge is 0.339 e. The van der Waals surface area contributed by atoms with Gasteiger partial charge in [0.25, 0.3) is 0 Å². The molecule has 19 heavy (non-hydrogen) atoms. The first-order valence-electron chi connectivity index (χ1n) is 6.35. The van der Waals surface area contributed by atoms with Crippen molar-refractivity contribution in [3.05, 3.63) is 0 Å². The maximum Gasteiger partial charge on any atom is 0.237 e. The third-order valence-corrected chi connectivity index (χ3v) is 7.72. The molecular weight excluding hydrogens is 286 g/mol. The lowest BCUT2D eigenvalue weighted by atomic mass is 10.3. The van der Waals surface area contributed by atoms with Gasteiger partial charge in [0.1, 0.15) is 5.75 Å². The van der Waals surface area contributed by atoms with Crippen LogP contribution in [0.4, 0.5) is 0 Å². The predicted molar refractivity (Wildman–Crippen MR) is 77.2 cm³/mol. The fraction of sp³-hybridized carbons (Fsp3) is 0.917.